The van der Waals surface area contributed by atoms with Crippen LogP contribution < -0.4 is 0 Å². The Bertz CT molecular complexity index is 523. The fourth-order valence-electron chi connectivity index (χ4n) is 2.24. The molecule has 0 bridgehead atoms. The Labute approximate surface area is 123 Å². The van der Waals surface area contributed by atoms with Crippen LogP contribution in [0, 0.1) is 11.8 Å². The second-order valence-electron chi connectivity index (χ2n) is 4.86. The summed E-state index contributed by atoms with van der Waals surface area (Å²) in [6, 6.07) is 3.45. The van der Waals surface area contributed by atoms with Crippen LogP contribution in [-0.2, 0) is 0 Å². The number of rotatable bonds is 1. The number of aromatic nitrogens is 1. The standard InChI is InChI=1S/C15H18N2O2S/c1-11-9-17(10-12(2)20-11)15(19)14-6-5-13(8-16-14)4-3-7-18/h5-6,8,11-12,18H,7,9-10H2,1-2H3. The van der Waals surface area contributed by atoms with E-state index in [-0.39, 0.29) is 12.5 Å². The van der Waals surface area contributed by atoms with Crippen LogP contribution in [0.25, 0.3) is 0 Å². The summed E-state index contributed by atoms with van der Waals surface area (Å²) in [4.78, 5) is 18.4. The van der Waals surface area contributed by atoms with Crippen molar-refractivity contribution >= 4 is 17.7 Å². The number of aliphatic hydroxyl groups is 1. The molecule has 0 saturated carbocycles. The van der Waals surface area contributed by atoms with Crippen molar-refractivity contribution in [2.45, 2.75) is 24.3 Å². The van der Waals surface area contributed by atoms with E-state index in [1.54, 1.807) is 18.3 Å². The third kappa shape index (κ3) is 3.75. The molecule has 4 nitrogen and oxygen atoms in total. The van der Waals surface area contributed by atoms with Crippen molar-refractivity contribution in [3.8, 4) is 11.8 Å². The van der Waals surface area contributed by atoms with Crippen molar-refractivity contribution < 1.29 is 9.90 Å². The maximum Gasteiger partial charge on any atom is 0.272 e. The van der Waals surface area contributed by atoms with E-state index in [0.717, 1.165) is 13.1 Å². The molecule has 0 aromatic carbocycles. The molecule has 2 heterocycles. The van der Waals surface area contributed by atoms with Crippen LogP contribution in [0.4, 0.5) is 0 Å². The zero-order valence-corrected chi connectivity index (χ0v) is 12.5. The maximum absolute atomic E-state index is 12.4. The molecular weight excluding hydrogens is 272 g/mol. The predicted octanol–water partition coefficient (Wildman–Crippen LogP) is 1.39. The molecule has 2 atom stereocenters. The maximum atomic E-state index is 12.4. The van der Waals surface area contributed by atoms with E-state index >= 15 is 0 Å². The van der Waals surface area contributed by atoms with Crippen molar-refractivity contribution in [2.24, 2.45) is 0 Å². The minimum Gasteiger partial charge on any atom is -0.384 e. The van der Waals surface area contributed by atoms with Gasteiger partial charge >= 0.3 is 0 Å². The fourth-order valence-corrected chi connectivity index (χ4v) is 3.57. The molecule has 1 saturated heterocycles. The highest BCUT2D eigenvalue weighted by molar-refractivity contribution is 8.00. The summed E-state index contributed by atoms with van der Waals surface area (Å²) in [5.74, 6) is 5.30. The number of pyridine rings is 1. The molecular formula is C15H18N2O2S. The van der Waals surface area contributed by atoms with E-state index in [1.807, 2.05) is 16.7 Å². The summed E-state index contributed by atoms with van der Waals surface area (Å²) in [7, 11) is 0. The van der Waals surface area contributed by atoms with E-state index in [4.69, 9.17) is 5.11 Å². The zero-order chi connectivity index (χ0) is 14.5. The first-order valence-corrected chi connectivity index (χ1v) is 7.55. The molecule has 106 valence electrons. The van der Waals surface area contributed by atoms with E-state index < -0.39 is 0 Å². The third-order valence-electron chi connectivity index (χ3n) is 3.00. The second-order valence-corrected chi connectivity index (χ2v) is 6.74. The Morgan fingerprint density at radius 1 is 1.45 bits per heavy atom. The normalized spacial score (nSPS) is 22.1. The lowest BCUT2D eigenvalue weighted by Gasteiger charge is -2.34. The van der Waals surface area contributed by atoms with Crippen LogP contribution in [0.5, 0.6) is 0 Å². The summed E-state index contributed by atoms with van der Waals surface area (Å²) < 4.78 is 0. The fraction of sp³-hybridized carbons (Fsp3) is 0.467. The minimum atomic E-state index is -0.179. The van der Waals surface area contributed by atoms with Crippen LogP contribution >= 0.6 is 11.8 Å². The molecule has 0 aliphatic carbocycles. The van der Waals surface area contributed by atoms with Crippen LogP contribution in [0.15, 0.2) is 18.3 Å². The highest BCUT2D eigenvalue weighted by Crippen LogP contribution is 2.25. The Balaban J connectivity index is 2.09. The summed E-state index contributed by atoms with van der Waals surface area (Å²) in [6.45, 7) is 5.63. The van der Waals surface area contributed by atoms with E-state index in [9.17, 15) is 4.79 Å². The molecule has 0 spiro atoms. The van der Waals surface area contributed by atoms with Crippen molar-refractivity contribution in [2.75, 3.05) is 19.7 Å². The monoisotopic (exact) mass is 290 g/mol. The van der Waals surface area contributed by atoms with Gasteiger partial charge in [-0.05, 0) is 12.1 Å². The lowest BCUT2D eigenvalue weighted by molar-refractivity contribution is 0.0747. The Morgan fingerprint density at radius 2 is 2.15 bits per heavy atom. The van der Waals surface area contributed by atoms with Gasteiger partial charge in [0.25, 0.3) is 5.91 Å². The average molecular weight is 290 g/mol. The van der Waals surface area contributed by atoms with Gasteiger partial charge in [0.05, 0.1) is 0 Å². The number of thioether (sulfide) groups is 1. The summed E-state index contributed by atoms with van der Waals surface area (Å²) in [5.41, 5.74) is 1.15. The van der Waals surface area contributed by atoms with E-state index in [0.29, 0.717) is 21.8 Å². The molecule has 1 N–H and O–H groups in total. The highest BCUT2D eigenvalue weighted by atomic mass is 32.2. The van der Waals surface area contributed by atoms with Crippen molar-refractivity contribution in [3.05, 3.63) is 29.6 Å². The quantitative estimate of drug-likeness (QED) is 0.794. The van der Waals surface area contributed by atoms with Gasteiger partial charge in [0.15, 0.2) is 0 Å². The highest BCUT2D eigenvalue weighted by Gasteiger charge is 2.26. The van der Waals surface area contributed by atoms with Crippen LogP contribution in [0.2, 0.25) is 0 Å². The number of amides is 1. The molecule has 1 aromatic heterocycles. The number of aliphatic hydroxyl groups excluding tert-OH is 1. The van der Waals surface area contributed by atoms with Gasteiger partial charge in [0, 0.05) is 35.3 Å². The summed E-state index contributed by atoms with van der Waals surface area (Å²) in [6.07, 6.45) is 1.57. The van der Waals surface area contributed by atoms with Gasteiger partial charge in [-0.25, -0.2) is 4.98 Å². The molecule has 2 unspecified atom stereocenters. The zero-order valence-electron chi connectivity index (χ0n) is 11.7. The van der Waals surface area contributed by atoms with Gasteiger partial charge in [-0.3, -0.25) is 4.79 Å². The molecule has 1 amide bonds. The Morgan fingerprint density at radius 3 is 2.70 bits per heavy atom. The summed E-state index contributed by atoms with van der Waals surface area (Å²) >= 11 is 1.91. The number of hydrogen-bond donors (Lipinski definition) is 1. The van der Waals surface area contributed by atoms with Crippen molar-refractivity contribution in [3.63, 3.8) is 0 Å². The number of hydrogen-bond acceptors (Lipinski definition) is 4. The number of carbonyl (C=O) groups excluding carboxylic acids is 1. The van der Waals surface area contributed by atoms with Crippen molar-refractivity contribution in [1.29, 1.82) is 0 Å². The molecule has 1 aromatic rings. The Hall–Kier alpha value is -1.51. The molecule has 5 heteroatoms. The van der Waals surface area contributed by atoms with Gasteiger partial charge in [-0.15, -0.1) is 0 Å². The third-order valence-corrected chi connectivity index (χ3v) is 4.23. The smallest absolute Gasteiger partial charge is 0.272 e. The van der Waals surface area contributed by atoms with Gasteiger partial charge in [0.1, 0.15) is 12.3 Å². The van der Waals surface area contributed by atoms with Gasteiger partial charge in [-0.2, -0.15) is 11.8 Å². The molecule has 2 rings (SSSR count). The SMILES string of the molecule is CC1CN(C(=O)c2ccc(C#CCO)cn2)CC(C)S1. The van der Waals surface area contributed by atoms with Gasteiger partial charge in [-0.1, -0.05) is 25.7 Å². The first kappa shape index (κ1) is 14.9. The topological polar surface area (TPSA) is 53.4 Å². The second kappa shape index (κ2) is 6.78. The molecule has 1 aliphatic rings. The lowest BCUT2D eigenvalue weighted by atomic mass is 10.2. The van der Waals surface area contributed by atoms with Crippen molar-refractivity contribution in [1.82, 2.24) is 9.88 Å². The summed E-state index contributed by atoms with van der Waals surface area (Å²) in [5, 5.41) is 9.55. The lowest BCUT2D eigenvalue weighted by Crippen LogP contribution is -2.44. The van der Waals surface area contributed by atoms with Crippen LogP contribution in [0.3, 0.4) is 0 Å². The minimum absolute atomic E-state index is 0.0225. The predicted molar refractivity (Wildman–Crippen MR) is 80.6 cm³/mol. The van der Waals surface area contributed by atoms with Gasteiger partial charge < -0.3 is 10.0 Å². The van der Waals surface area contributed by atoms with Crippen LogP contribution in [0.1, 0.15) is 29.9 Å². The van der Waals surface area contributed by atoms with E-state index in [1.165, 1.54) is 0 Å². The average Bonchev–Trinajstić information content (AvgIpc) is 2.44. The molecule has 1 fully saturated rings. The number of nitrogens with zero attached hydrogens (tertiary/aromatic N) is 2. The van der Waals surface area contributed by atoms with Crippen LogP contribution in [-0.4, -0.2) is 51.1 Å². The molecule has 0 radical (unpaired) electrons. The van der Waals surface area contributed by atoms with Gasteiger partial charge in [0.2, 0.25) is 0 Å². The van der Waals surface area contributed by atoms with E-state index in [2.05, 4.69) is 30.7 Å². The first-order valence-electron chi connectivity index (χ1n) is 6.60. The largest absolute Gasteiger partial charge is 0.384 e. The molecule has 20 heavy (non-hydrogen) atoms. The molecule has 1 aliphatic heterocycles. The Kier molecular flexibility index (Phi) is 5.05. The number of carbonyl (C=O) groups is 1. The first-order chi connectivity index (χ1) is 9.60.